The monoisotopic (exact) mass is 202 g/mol. The van der Waals surface area contributed by atoms with Crippen LogP contribution in [0.15, 0.2) is 34.4 Å². The third-order valence-electron chi connectivity index (χ3n) is 2.52. The smallest absolute Gasteiger partial charge is 0.0920 e. The summed E-state index contributed by atoms with van der Waals surface area (Å²) in [6.07, 6.45) is 2.33. The van der Waals surface area contributed by atoms with Gasteiger partial charge in [0, 0.05) is 5.56 Å². The van der Waals surface area contributed by atoms with Gasteiger partial charge in [-0.25, -0.2) is 0 Å². The van der Waals surface area contributed by atoms with Gasteiger partial charge in [-0.15, -0.1) is 0 Å². The van der Waals surface area contributed by atoms with Crippen LogP contribution in [0.4, 0.5) is 0 Å². The molecule has 1 heterocycles. The Balaban J connectivity index is 2.55. The summed E-state index contributed by atoms with van der Waals surface area (Å²) in [6.45, 7) is 4.16. The first-order chi connectivity index (χ1) is 7.12. The predicted octanol–water partition coefficient (Wildman–Crippen LogP) is 2.27. The fourth-order valence-corrected chi connectivity index (χ4v) is 1.97. The van der Waals surface area contributed by atoms with Crippen molar-refractivity contribution in [2.45, 2.75) is 25.8 Å². The van der Waals surface area contributed by atoms with Crippen molar-refractivity contribution in [2.75, 3.05) is 0 Å². The summed E-state index contributed by atoms with van der Waals surface area (Å²) in [7, 11) is 0. The number of oxime groups is 1. The molecule has 3 nitrogen and oxygen atoms in total. The zero-order chi connectivity index (χ0) is 10.9. The lowest BCUT2D eigenvalue weighted by atomic mass is 9.87. The maximum absolute atomic E-state index is 8.60. The third-order valence-corrected chi connectivity index (χ3v) is 2.52. The highest BCUT2D eigenvalue weighted by Gasteiger charge is 2.25. The van der Waals surface area contributed by atoms with Gasteiger partial charge in [-0.1, -0.05) is 29.4 Å². The van der Waals surface area contributed by atoms with Crippen LogP contribution in [-0.4, -0.2) is 22.7 Å². The third kappa shape index (κ3) is 1.91. The van der Waals surface area contributed by atoms with Gasteiger partial charge in [0.1, 0.15) is 0 Å². The van der Waals surface area contributed by atoms with Crippen LogP contribution in [0.25, 0.3) is 0 Å². The van der Waals surface area contributed by atoms with E-state index in [0.717, 1.165) is 17.7 Å². The number of benzene rings is 1. The van der Waals surface area contributed by atoms with Gasteiger partial charge in [0.2, 0.25) is 0 Å². The van der Waals surface area contributed by atoms with Crippen molar-refractivity contribution in [3.8, 4) is 0 Å². The molecule has 0 radical (unpaired) electrons. The van der Waals surface area contributed by atoms with Gasteiger partial charge in [0.15, 0.2) is 0 Å². The van der Waals surface area contributed by atoms with Gasteiger partial charge in [0.05, 0.1) is 17.5 Å². The minimum Gasteiger partial charge on any atom is -0.411 e. The van der Waals surface area contributed by atoms with Gasteiger partial charge in [0.25, 0.3) is 0 Å². The quantitative estimate of drug-likeness (QED) is 0.424. The molecular weight excluding hydrogens is 188 g/mol. The van der Waals surface area contributed by atoms with Crippen molar-refractivity contribution in [3.63, 3.8) is 0 Å². The standard InChI is InChI=1S/C12H14N2O/c1-12(2)7-9-5-3-4-6-10(9)11(14-12)8-13-15/h3-6,8,15H,7H2,1-2H3/b13-8+. The van der Waals surface area contributed by atoms with Gasteiger partial charge < -0.3 is 5.21 Å². The molecule has 0 bridgehead atoms. The normalized spacial score (nSPS) is 18.7. The SMILES string of the molecule is CC1(C)Cc2ccccc2C(/C=N/O)=N1. The first kappa shape index (κ1) is 9.90. The van der Waals surface area contributed by atoms with Gasteiger partial charge >= 0.3 is 0 Å². The van der Waals surface area contributed by atoms with Crippen LogP contribution in [0.1, 0.15) is 25.0 Å². The number of nitrogens with zero attached hydrogens (tertiary/aromatic N) is 2. The predicted molar refractivity (Wildman–Crippen MR) is 61.0 cm³/mol. The average Bonchev–Trinajstić information content (AvgIpc) is 2.16. The van der Waals surface area contributed by atoms with E-state index in [1.807, 2.05) is 18.2 Å². The van der Waals surface area contributed by atoms with Gasteiger partial charge in [-0.3, -0.25) is 4.99 Å². The molecule has 0 saturated carbocycles. The molecular formula is C12H14N2O. The average molecular weight is 202 g/mol. The summed E-state index contributed by atoms with van der Waals surface area (Å²) in [5.41, 5.74) is 2.96. The Morgan fingerprint density at radius 2 is 2.13 bits per heavy atom. The molecule has 15 heavy (non-hydrogen) atoms. The van der Waals surface area contributed by atoms with E-state index in [0.29, 0.717) is 0 Å². The summed E-state index contributed by atoms with van der Waals surface area (Å²) >= 11 is 0. The zero-order valence-electron chi connectivity index (χ0n) is 8.94. The van der Waals surface area contributed by atoms with Crippen LogP contribution in [0, 0.1) is 0 Å². The molecule has 1 aromatic carbocycles. The molecule has 1 N–H and O–H groups in total. The number of hydrogen-bond donors (Lipinski definition) is 1. The zero-order valence-corrected chi connectivity index (χ0v) is 8.94. The summed E-state index contributed by atoms with van der Waals surface area (Å²) in [5, 5.41) is 11.7. The Kier molecular flexibility index (Phi) is 2.31. The van der Waals surface area contributed by atoms with Gasteiger partial charge in [-0.2, -0.15) is 0 Å². The number of rotatable bonds is 1. The van der Waals surface area contributed by atoms with E-state index in [1.54, 1.807) is 0 Å². The van der Waals surface area contributed by atoms with E-state index < -0.39 is 0 Å². The second-order valence-corrected chi connectivity index (χ2v) is 4.39. The molecule has 1 aromatic rings. The Bertz CT molecular complexity index is 433. The molecule has 3 heteroatoms. The van der Waals surface area contributed by atoms with E-state index in [1.165, 1.54) is 11.8 Å². The first-order valence-corrected chi connectivity index (χ1v) is 4.98. The van der Waals surface area contributed by atoms with E-state index in [2.05, 4.69) is 30.1 Å². The highest BCUT2D eigenvalue weighted by atomic mass is 16.4. The second kappa shape index (κ2) is 3.50. The van der Waals surface area contributed by atoms with Crippen LogP contribution in [-0.2, 0) is 6.42 Å². The van der Waals surface area contributed by atoms with Gasteiger partial charge in [-0.05, 0) is 25.8 Å². The van der Waals surface area contributed by atoms with Crippen molar-refractivity contribution in [1.29, 1.82) is 0 Å². The van der Waals surface area contributed by atoms with Crippen LogP contribution in [0.3, 0.4) is 0 Å². The van der Waals surface area contributed by atoms with Crippen molar-refractivity contribution >= 4 is 11.9 Å². The largest absolute Gasteiger partial charge is 0.411 e. The minimum atomic E-state index is -0.120. The fraction of sp³-hybridized carbons (Fsp3) is 0.333. The second-order valence-electron chi connectivity index (χ2n) is 4.39. The van der Waals surface area contributed by atoms with E-state index >= 15 is 0 Å². The van der Waals surface area contributed by atoms with Crippen molar-refractivity contribution in [1.82, 2.24) is 0 Å². The highest BCUT2D eigenvalue weighted by molar-refractivity contribution is 6.38. The molecule has 78 valence electrons. The molecule has 1 aliphatic rings. The topological polar surface area (TPSA) is 45.0 Å². The van der Waals surface area contributed by atoms with Crippen LogP contribution >= 0.6 is 0 Å². The molecule has 0 fully saturated rings. The van der Waals surface area contributed by atoms with Crippen LogP contribution in [0.2, 0.25) is 0 Å². The molecule has 0 aliphatic carbocycles. The molecule has 0 amide bonds. The number of hydrogen-bond acceptors (Lipinski definition) is 3. The summed E-state index contributed by atoms with van der Waals surface area (Å²) < 4.78 is 0. The van der Waals surface area contributed by atoms with Crippen molar-refractivity contribution in [3.05, 3.63) is 35.4 Å². The van der Waals surface area contributed by atoms with Crippen LogP contribution < -0.4 is 0 Å². The number of fused-ring (bicyclic) bond motifs is 1. The minimum absolute atomic E-state index is 0.120. The fourth-order valence-electron chi connectivity index (χ4n) is 1.97. The van der Waals surface area contributed by atoms with Crippen LogP contribution in [0.5, 0.6) is 0 Å². The van der Waals surface area contributed by atoms with E-state index in [9.17, 15) is 0 Å². The Morgan fingerprint density at radius 3 is 2.87 bits per heavy atom. The molecule has 1 aliphatic heterocycles. The van der Waals surface area contributed by atoms with Crippen molar-refractivity contribution in [2.24, 2.45) is 10.1 Å². The maximum atomic E-state index is 8.60. The lowest BCUT2D eigenvalue weighted by molar-refractivity contribution is 0.322. The van der Waals surface area contributed by atoms with E-state index in [4.69, 9.17) is 5.21 Å². The Morgan fingerprint density at radius 1 is 1.40 bits per heavy atom. The molecule has 0 aromatic heterocycles. The highest BCUT2D eigenvalue weighted by Crippen LogP contribution is 2.26. The first-order valence-electron chi connectivity index (χ1n) is 4.98. The number of aliphatic imine (C=N–C) groups is 1. The lowest BCUT2D eigenvalue weighted by Crippen LogP contribution is -2.29. The summed E-state index contributed by atoms with van der Waals surface area (Å²) in [5.74, 6) is 0. The molecule has 0 unspecified atom stereocenters. The summed E-state index contributed by atoms with van der Waals surface area (Å²) in [6, 6.07) is 8.09. The summed E-state index contributed by atoms with van der Waals surface area (Å²) in [4.78, 5) is 4.55. The molecule has 2 rings (SSSR count). The van der Waals surface area contributed by atoms with E-state index in [-0.39, 0.29) is 5.54 Å². The molecule has 0 spiro atoms. The Labute approximate surface area is 89.2 Å². The maximum Gasteiger partial charge on any atom is 0.0920 e. The lowest BCUT2D eigenvalue weighted by Gasteiger charge is -2.27. The molecule has 0 atom stereocenters. The Hall–Kier alpha value is -1.64. The van der Waals surface area contributed by atoms with Crippen molar-refractivity contribution < 1.29 is 5.21 Å². The molecule has 0 saturated heterocycles.